The first-order chi connectivity index (χ1) is 7.95. The number of ether oxygens (including phenoxy) is 1. The summed E-state index contributed by atoms with van der Waals surface area (Å²) in [6.07, 6.45) is 0.321. The van der Waals surface area contributed by atoms with Gasteiger partial charge < -0.3 is 15.7 Å². The molecule has 0 saturated heterocycles. The summed E-state index contributed by atoms with van der Waals surface area (Å²) in [5.41, 5.74) is 0.595. The summed E-state index contributed by atoms with van der Waals surface area (Å²) in [5, 5.41) is 12.4. The van der Waals surface area contributed by atoms with Crippen LogP contribution in [-0.2, 0) is 4.79 Å². The lowest BCUT2D eigenvalue weighted by atomic mass is 10.2. The molecule has 92 valence electrons. The van der Waals surface area contributed by atoms with Gasteiger partial charge in [-0.3, -0.25) is 0 Å². The van der Waals surface area contributed by atoms with E-state index in [-0.39, 0.29) is 15.8 Å². The Balaban J connectivity index is 3.05. The predicted molar refractivity (Wildman–Crippen MR) is 66.0 cm³/mol. The van der Waals surface area contributed by atoms with Crippen molar-refractivity contribution in [3.63, 3.8) is 0 Å². The lowest BCUT2D eigenvalue weighted by molar-refractivity contribution is -0.144. The minimum atomic E-state index is -1.11. The molecule has 1 unspecified atom stereocenters. The van der Waals surface area contributed by atoms with E-state index in [2.05, 4.69) is 5.10 Å². The number of hydrazone groups is 1. The van der Waals surface area contributed by atoms with Crippen molar-refractivity contribution < 1.29 is 14.6 Å². The Labute approximate surface area is 108 Å². The molecule has 0 radical (unpaired) electrons. The molecule has 0 aliphatic rings. The summed E-state index contributed by atoms with van der Waals surface area (Å²) in [6.45, 7) is 1.38. The van der Waals surface area contributed by atoms with Crippen molar-refractivity contribution in [1.29, 1.82) is 0 Å². The fourth-order valence-corrected chi connectivity index (χ4v) is 1.67. The Morgan fingerprint density at radius 2 is 2.06 bits per heavy atom. The summed E-state index contributed by atoms with van der Waals surface area (Å²) >= 11 is 11.8. The number of benzene rings is 1. The van der Waals surface area contributed by atoms with Crippen molar-refractivity contribution in [2.24, 2.45) is 10.9 Å². The zero-order valence-corrected chi connectivity index (χ0v) is 10.4. The van der Waals surface area contributed by atoms with Gasteiger partial charge in [-0.15, -0.1) is 0 Å². The fourth-order valence-electron chi connectivity index (χ4n) is 1.08. The molecule has 0 aromatic heterocycles. The van der Waals surface area contributed by atoms with Gasteiger partial charge in [0.2, 0.25) is 0 Å². The lowest BCUT2D eigenvalue weighted by Crippen LogP contribution is -2.23. The topological polar surface area (TPSA) is 84.9 Å². The highest BCUT2D eigenvalue weighted by Crippen LogP contribution is 2.34. The average molecular weight is 277 g/mol. The zero-order chi connectivity index (χ0) is 13.0. The Morgan fingerprint density at radius 3 is 2.47 bits per heavy atom. The maximum absolute atomic E-state index is 10.6. The van der Waals surface area contributed by atoms with Crippen LogP contribution >= 0.6 is 23.2 Å². The molecule has 5 nitrogen and oxygen atoms in total. The van der Waals surface area contributed by atoms with Crippen LogP contribution in [0.3, 0.4) is 0 Å². The molecule has 17 heavy (non-hydrogen) atoms. The zero-order valence-electron chi connectivity index (χ0n) is 8.85. The van der Waals surface area contributed by atoms with E-state index < -0.39 is 12.1 Å². The van der Waals surface area contributed by atoms with Crippen molar-refractivity contribution in [1.82, 2.24) is 0 Å². The van der Waals surface area contributed by atoms with E-state index in [9.17, 15) is 4.79 Å². The number of hydrogen-bond acceptors (Lipinski definition) is 4. The molecule has 0 spiro atoms. The molecule has 3 N–H and O–H groups in total. The first kappa shape index (κ1) is 13.6. The molecule has 0 saturated carbocycles. The average Bonchev–Trinajstić information content (AvgIpc) is 2.23. The number of carboxylic acid groups (broad SMARTS) is 1. The molecule has 1 rings (SSSR count). The van der Waals surface area contributed by atoms with Crippen molar-refractivity contribution >= 4 is 35.4 Å². The number of rotatable bonds is 4. The van der Waals surface area contributed by atoms with E-state index in [0.29, 0.717) is 5.56 Å². The van der Waals surface area contributed by atoms with Gasteiger partial charge in [0, 0.05) is 0 Å². The molecule has 0 aliphatic heterocycles. The van der Waals surface area contributed by atoms with Crippen molar-refractivity contribution in [2.45, 2.75) is 13.0 Å². The molecule has 7 heteroatoms. The number of halogens is 2. The van der Waals surface area contributed by atoms with Gasteiger partial charge in [-0.25, -0.2) is 4.79 Å². The van der Waals surface area contributed by atoms with E-state index in [1.807, 2.05) is 0 Å². The van der Waals surface area contributed by atoms with E-state index in [0.717, 1.165) is 0 Å². The molecule has 0 amide bonds. The van der Waals surface area contributed by atoms with E-state index in [4.69, 9.17) is 38.9 Å². The van der Waals surface area contributed by atoms with E-state index in [1.165, 1.54) is 25.3 Å². The summed E-state index contributed by atoms with van der Waals surface area (Å²) in [6, 6.07) is 3.04. The Hall–Kier alpha value is -1.46. The number of carbonyl (C=O) groups is 1. The molecular weight excluding hydrogens is 267 g/mol. The van der Waals surface area contributed by atoms with Crippen molar-refractivity contribution in [3.05, 3.63) is 27.7 Å². The molecule has 0 heterocycles. The predicted octanol–water partition coefficient (Wildman–Crippen LogP) is 2.14. The van der Waals surface area contributed by atoms with Gasteiger partial charge in [0.1, 0.15) is 0 Å². The normalized spacial score (nSPS) is 12.6. The first-order valence-electron chi connectivity index (χ1n) is 4.57. The van der Waals surface area contributed by atoms with Crippen LogP contribution in [0.15, 0.2) is 17.2 Å². The molecule has 1 atom stereocenters. The Bertz CT molecular complexity index is 440. The first-order valence-corrected chi connectivity index (χ1v) is 5.33. The van der Waals surface area contributed by atoms with Crippen molar-refractivity contribution in [3.8, 4) is 5.75 Å². The second-order valence-corrected chi connectivity index (χ2v) is 4.00. The third-order valence-electron chi connectivity index (χ3n) is 1.89. The summed E-state index contributed by atoms with van der Waals surface area (Å²) in [7, 11) is 0. The van der Waals surface area contributed by atoms with Crippen LogP contribution in [0, 0.1) is 0 Å². The largest absolute Gasteiger partial charge is 0.479 e. The maximum atomic E-state index is 10.6. The molecule has 0 fully saturated rings. The number of hydrogen-bond donors (Lipinski definition) is 2. The Morgan fingerprint density at radius 1 is 1.53 bits per heavy atom. The smallest absolute Gasteiger partial charge is 0.344 e. The van der Waals surface area contributed by atoms with Crippen LogP contribution in [0.25, 0.3) is 0 Å². The quantitative estimate of drug-likeness (QED) is 0.501. The maximum Gasteiger partial charge on any atom is 0.344 e. The minimum Gasteiger partial charge on any atom is -0.479 e. The fraction of sp³-hybridized carbons (Fsp3) is 0.200. The highest BCUT2D eigenvalue weighted by atomic mass is 35.5. The monoisotopic (exact) mass is 276 g/mol. The molecule has 1 aromatic rings. The molecule has 1 aromatic carbocycles. The van der Waals surface area contributed by atoms with Crippen LogP contribution in [0.5, 0.6) is 5.75 Å². The lowest BCUT2D eigenvalue weighted by Gasteiger charge is -2.13. The minimum absolute atomic E-state index is 0.123. The third kappa shape index (κ3) is 3.51. The second-order valence-electron chi connectivity index (χ2n) is 3.19. The SMILES string of the molecule is CC(Oc1c(Cl)cc(C=NN)cc1Cl)C(=O)O. The van der Waals surface area contributed by atoms with Gasteiger partial charge in [-0.1, -0.05) is 23.2 Å². The number of carboxylic acids is 1. The van der Waals surface area contributed by atoms with Crippen LogP contribution < -0.4 is 10.6 Å². The van der Waals surface area contributed by atoms with Gasteiger partial charge >= 0.3 is 5.97 Å². The highest BCUT2D eigenvalue weighted by molar-refractivity contribution is 6.37. The second kappa shape index (κ2) is 5.75. The van der Waals surface area contributed by atoms with Crippen LogP contribution in [-0.4, -0.2) is 23.4 Å². The number of aliphatic carboxylic acids is 1. The standard InChI is InChI=1S/C10H10Cl2N2O3/c1-5(10(15)16)17-9-7(11)2-6(4-14-13)3-8(9)12/h2-5H,13H2,1H3,(H,15,16). The van der Waals surface area contributed by atoms with Gasteiger partial charge in [0.05, 0.1) is 16.3 Å². The molecular formula is C10H10Cl2N2O3. The van der Waals surface area contributed by atoms with Crippen LogP contribution in [0.1, 0.15) is 12.5 Å². The molecule has 0 aliphatic carbocycles. The summed E-state index contributed by atoms with van der Waals surface area (Å²) < 4.78 is 5.13. The van der Waals surface area contributed by atoms with Gasteiger partial charge in [-0.05, 0) is 24.6 Å². The molecule has 0 bridgehead atoms. The van der Waals surface area contributed by atoms with Crippen LogP contribution in [0.2, 0.25) is 10.0 Å². The van der Waals surface area contributed by atoms with Crippen molar-refractivity contribution in [2.75, 3.05) is 0 Å². The number of nitrogens with two attached hydrogens (primary N) is 1. The van der Waals surface area contributed by atoms with E-state index in [1.54, 1.807) is 0 Å². The highest BCUT2D eigenvalue weighted by Gasteiger charge is 2.17. The van der Waals surface area contributed by atoms with Gasteiger partial charge in [0.25, 0.3) is 0 Å². The third-order valence-corrected chi connectivity index (χ3v) is 2.45. The Kier molecular flexibility index (Phi) is 4.60. The number of nitrogens with zero attached hydrogens (tertiary/aromatic N) is 1. The van der Waals surface area contributed by atoms with Crippen LogP contribution in [0.4, 0.5) is 0 Å². The van der Waals surface area contributed by atoms with Gasteiger partial charge in [-0.2, -0.15) is 5.10 Å². The van der Waals surface area contributed by atoms with Gasteiger partial charge in [0.15, 0.2) is 11.9 Å². The van der Waals surface area contributed by atoms with E-state index >= 15 is 0 Å². The summed E-state index contributed by atoms with van der Waals surface area (Å²) in [5.74, 6) is 4.01. The summed E-state index contributed by atoms with van der Waals surface area (Å²) in [4.78, 5) is 10.6.